The molecule has 0 bridgehead atoms. The van der Waals surface area contributed by atoms with E-state index < -0.39 is 6.04 Å². The summed E-state index contributed by atoms with van der Waals surface area (Å²) in [6.45, 7) is 10.2. The fraction of sp³-hybridized carbons (Fsp3) is 0.233. The molecular weight excluding hydrogens is 478 g/mol. The van der Waals surface area contributed by atoms with Crippen LogP contribution in [-0.2, 0) is 10.5 Å². The van der Waals surface area contributed by atoms with Crippen molar-refractivity contribution in [1.29, 1.82) is 0 Å². The van der Waals surface area contributed by atoms with Crippen LogP contribution in [0.3, 0.4) is 0 Å². The zero-order valence-electron chi connectivity index (χ0n) is 21.8. The Balaban J connectivity index is 1.49. The molecule has 0 fully saturated rings. The molecule has 1 amide bonds. The molecule has 3 aromatic carbocycles. The van der Waals surface area contributed by atoms with Crippen LogP contribution < -0.4 is 10.6 Å². The summed E-state index contributed by atoms with van der Waals surface area (Å²) in [5, 5.41) is 12.0. The summed E-state index contributed by atoms with van der Waals surface area (Å²) in [6, 6.07) is 22.2. The normalized spacial score (nSPS) is 14.8. The molecule has 1 aromatic heterocycles. The number of amides is 1. The fourth-order valence-corrected chi connectivity index (χ4v) is 5.44. The van der Waals surface area contributed by atoms with Gasteiger partial charge in [-0.25, -0.2) is 4.68 Å². The van der Waals surface area contributed by atoms with Crippen LogP contribution in [0.1, 0.15) is 46.3 Å². The molecule has 7 heteroatoms. The lowest BCUT2D eigenvalue weighted by Gasteiger charge is -2.29. The number of rotatable bonds is 6. The number of benzene rings is 3. The number of carbonyl (C=O) groups is 1. The van der Waals surface area contributed by atoms with Crippen molar-refractivity contribution in [2.75, 3.05) is 10.6 Å². The zero-order chi connectivity index (χ0) is 26.1. The van der Waals surface area contributed by atoms with E-state index in [0.717, 1.165) is 33.8 Å². The van der Waals surface area contributed by atoms with Gasteiger partial charge in [0.05, 0.1) is 5.57 Å². The standard InChI is InChI=1S/C30H31N5OS/c1-18-11-14-23(15-12-18)27-26(28(36)32-25-9-7-6-8-21(25)4)22(5)31-29-33-30(34-35(27)29)37-17-24-16-19(2)10-13-20(24)3/h6-16,27H,17H2,1-5H3,(H,32,36)(H,31,33,34)/t27-/m1/s1. The minimum Gasteiger partial charge on any atom is -0.328 e. The Morgan fingerprint density at radius 3 is 2.43 bits per heavy atom. The van der Waals surface area contributed by atoms with Gasteiger partial charge in [-0.1, -0.05) is 83.6 Å². The predicted octanol–water partition coefficient (Wildman–Crippen LogP) is 6.73. The number of thioether (sulfide) groups is 1. The van der Waals surface area contributed by atoms with E-state index in [0.29, 0.717) is 16.7 Å². The number of hydrogen-bond acceptors (Lipinski definition) is 5. The van der Waals surface area contributed by atoms with Crippen molar-refractivity contribution in [3.05, 3.63) is 111 Å². The average molecular weight is 510 g/mol. The Morgan fingerprint density at radius 2 is 1.68 bits per heavy atom. The first-order valence-corrected chi connectivity index (χ1v) is 13.4. The summed E-state index contributed by atoms with van der Waals surface area (Å²) >= 11 is 1.60. The third-order valence-corrected chi connectivity index (χ3v) is 7.61. The first-order valence-electron chi connectivity index (χ1n) is 12.4. The first kappa shape index (κ1) is 24.8. The van der Waals surface area contributed by atoms with E-state index in [-0.39, 0.29) is 5.91 Å². The highest BCUT2D eigenvalue weighted by molar-refractivity contribution is 7.98. The van der Waals surface area contributed by atoms with Gasteiger partial charge in [0.2, 0.25) is 11.1 Å². The molecular formula is C30H31N5OS. The summed E-state index contributed by atoms with van der Waals surface area (Å²) in [5.74, 6) is 1.26. The molecule has 1 aliphatic rings. The minimum absolute atomic E-state index is 0.157. The number of fused-ring (bicyclic) bond motifs is 1. The Labute approximate surface area is 222 Å². The van der Waals surface area contributed by atoms with E-state index >= 15 is 0 Å². The number of anilines is 2. The zero-order valence-corrected chi connectivity index (χ0v) is 22.6. The monoisotopic (exact) mass is 509 g/mol. The number of aromatic nitrogens is 3. The van der Waals surface area contributed by atoms with Crippen LogP contribution in [0.5, 0.6) is 0 Å². The summed E-state index contributed by atoms with van der Waals surface area (Å²) in [4.78, 5) is 18.5. The maximum absolute atomic E-state index is 13.7. The molecule has 5 rings (SSSR count). The second kappa shape index (κ2) is 10.3. The lowest BCUT2D eigenvalue weighted by molar-refractivity contribution is -0.113. The van der Waals surface area contributed by atoms with Crippen molar-refractivity contribution in [2.45, 2.75) is 51.6 Å². The van der Waals surface area contributed by atoms with Gasteiger partial charge in [0.25, 0.3) is 5.91 Å². The van der Waals surface area contributed by atoms with Gasteiger partial charge in [-0.3, -0.25) is 4.79 Å². The maximum Gasteiger partial charge on any atom is 0.255 e. The van der Waals surface area contributed by atoms with E-state index in [1.807, 2.05) is 42.8 Å². The second-order valence-corrected chi connectivity index (χ2v) is 10.6. The number of allylic oxidation sites excluding steroid dienone is 1. The summed E-state index contributed by atoms with van der Waals surface area (Å²) in [6.07, 6.45) is 0. The molecule has 0 spiro atoms. The highest BCUT2D eigenvalue weighted by Gasteiger charge is 2.34. The predicted molar refractivity (Wildman–Crippen MR) is 151 cm³/mol. The molecule has 2 N–H and O–H groups in total. The number of aryl methyl sites for hydroxylation is 4. The third-order valence-electron chi connectivity index (χ3n) is 6.73. The smallest absolute Gasteiger partial charge is 0.255 e. The van der Waals surface area contributed by atoms with E-state index in [1.54, 1.807) is 11.8 Å². The molecule has 37 heavy (non-hydrogen) atoms. The van der Waals surface area contributed by atoms with E-state index in [1.165, 1.54) is 16.7 Å². The minimum atomic E-state index is -0.400. The van der Waals surface area contributed by atoms with Gasteiger partial charge in [0.15, 0.2) is 0 Å². The van der Waals surface area contributed by atoms with Gasteiger partial charge < -0.3 is 10.6 Å². The lowest BCUT2D eigenvalue weighted by atomic mass is 9.94. The Kier molecular flexibility index (Phi) is 6.89. The summed E-state index contributed by atoms with van der Waals surface area (Å²) in [5.41, 5.74) is 9.10. The highest BCUT2D eigenvalue weighted by Crippen LogP contribution is 2.37. The summed E-state index contributed by atoms with van der Waals surface area (Å²) < 4.78 is 1.84. The fourth-order valence-electron chi connectivity index (χ4n) is 4.54. The largest absolute Gasteiger partial charge is 0.328 e. The van der Waals surface area contributed by atoms with Crippen LogP contribution in [0.4, 0.5) is 11.6 Å². The molecule has 0 saturated heterocycles. The Bertz CT molecular complexity index is 1500. The molecule has 4 aromatic rings. The van der Waals surface area contributed by atoms with Crippen LogP contribution in [0.2, 0.25) is 0 Å². The van der Waals surface area contributed by atoms with Gasteiger partial charge >= 0.3 is 0 Å². The van der Waals surface area contributed by atoms with Gasteiger partial charge in [-0.15, -0.1) is 5.10 Å². The van der Waals surface area contributed by atoms with E-state index in [2.05, 4.69) is 73.9 Å². The number of nitrogens with one attached hydrogen (secondary N) is 2. The second-order valence-electron chi connectivity index (χ2n) is 9.63. The van der Waals surface area contributed by atoms with Gasteiger partial charge in [-0.05, 0) is 62.9 Å². The van der Waals surface area contributed by atoms with Crippen molar-refractivity contribution in [3.8, 4) is 0 Å². The van der Waals surface area contributed by atoms with Crippen molar-refractivity contribution < 1.29 is 4.79 Å². The quantitative estimate of drug-likeness (QED) is 0.282. The number of nitrogens with zero attached hydrogens (tertiary/aromatic N) is 3. The van der Waals surface area contributed by atoms with Crippen LogP contribution in [-0.4, -0.2) is 20.7 Å². The average Bonchev–Trinajstić information content (AvgIpc) is 3.28. The number of hydrogen-bond donors (Lipinski definition) is 2. The highest BCUT2D eigenvalue weighted by atomic mass is 32.2. The molecule has 2 heterocycles. The Hall–Kier alpha value is -3.84. The molecule has 188 valence electrons. The van der Waals surface area contributed by atoms with E-state index in [4.69, 9.17) is 10.1 Å². The molecule has 1 aliphatic heterocycles. The molecule has 0 saturated carbocycles. The van der Waals surface area contributed by atoms with Crippen LogP contribution in [0.15, 0.2) is 83.2 Å². The molecule has 0 radical (unpaired) electrons. The van der Waals surface area contributed by atoms with E-state index in [9.17, 15) is 4.79 Å². The maximum atomic E-state index is 13.7. The molecule has 0 aliphatic carbocycles. The molecule has 0 unspecified atom stereocenters. The van der Waals surface area contributed by atoms with Gasteiger partial charge in [0, 0.05) is 17.1 Å². The Morgan fingerprint density at radius 1 is 0.946 bits per heavy atom. The lowest BCUT2D eigenvalue weighted by Crippen LogP contribution is -2.31. The van der Waals surface area contributed by atoms with Crippen LogP contribution in [0.25, 0.3) is 0 Å². The van der Waals surface area contributed by atoms with Gasteiger partial charge in [-0.2, -0.15) is 4.98 Å². The van der Waals surface area contributed by atoms with Crippen molar-refractivity contribution in [3.63, 3.8) is 0 Å². The summed E-state index contributed by atoms with van der Waals surface area (Å²) in [7, 11) is 0. The molecule has 1 atom stereocenters. The number of para-hydroxylation sites is 1. The van der Waals surface area contributed by atoms with Crippen LogP contribution in [0, 0.1) is 27.7 Å². The van der Waals surface area contributed by atoms with Crippen molar-refractivity contribution in [2.24, 2.45) is 0 Å². The SMILES string of the molecule is CC1=C(C(=O)Nc2ccccc2C)[C@@H](c2ccc(C)cc2)n2nc(SCc3cc(C)ccc3C)nc2N1. The third kappa shape index (κ3) is 5.18. The van der Waals surface area contributed by atoms with Crippen LogP contribution >= 0.6 is 11.8 Å². The first-order chi connectivity index (χ1) is 17.8. The van der Waals surface area contributed by atoms with Crippen molar-refractivity contribution in [1.82, 2.24) is 14.8 Å². The van der Waals surface area contributed by atoms with Gasteiger partial charge in [0.1, 0.15) is 6.04 Å². The van der Waals surface area contributed by atoms with Crippen molar-refractivity contribution >= 4 is 29.3 Å². The topological polar surface area (TPSA) is 71.8 Å². The molecule has 6 nitrogen and oxygen atoms in total. The number of carbonyl (C=O) groups excluding carboxylic acids is 1.